The van der Waals surface area contributed by atoms with Gasteiger partial charge in [-0.3, -0.25) is 0 Å². The highest BCUT2D eigenvalue weighted by molar-refractivity contribution is 6.31. The van der Waals surface area contributed by atoms with Crippen LogP contribution in [0.3, 0.4) is 0 Å². The van der Waals surface area contributed by atoms with Crippen molar-refractivity contribution in [1.82, 2.24) is 5.32 Å². The molecule has 0 radical (unpaired) electrons. The van der Waals surface area contributed by atoms with Crippen LogP contribution in [0.1, 0.15) is 32.3 Å². The average Bonchev–Trinajstić information content (AvgIpc) is 3.03. The van der Waals surface area contributed by atoms with Gasteiger partial charge < -0.3 is 5.32 Å². The third kappa shape index (κ3) is 2.74. The topological polar surface area (TPSA) is 12.0 Å². The lowest BCUT2D eigenvalue weighted by molar-refractivity contribution is 0.339. The molecule has 3 heteroatoms. The summed E-state index contributed by atoms with van der Waals surface area (Å²) in [5.74, 6) is 0.519. The lowest BCUT2D eigenvalue weighted by Crippen LogP contribution is -2.40. The Morgan fingerprint density at radius 1 is 1.44 bits per heavy atom. The second-order valence-electron chi connectivity index (χ2n) is 5.09. The first kappa shape index (κ1) is 11.9. The Bertz CT molecular complexity index is 386. The molecule has 1 nitrogen and oxygen atoms in total. The van der Waals surface area contributed by atoms with Gasteiger partial charge in [0.05, 0.1) is 0 Å². The molecule has 1 fully saturated rings. The number of nitrogens with one attached hydrogen (secondary N) is 1. The summed E-state index contributed by atoms with van der Waals surface area (Å²) in [7, 11) is 0. The van der Waals surface area contributed by atoms with E-state index in [9.17, 15) is 4.39 Å². The molecule has 88 valence electrons. The molecule has 0 spiro atoms. The van der Waals surface area contributed by atoms with Gasteiger partial charge in [0.25, 0.3) is 0 Å². The first-order chi connectivity index (χ1) is 7.49. The molecule has 1 aliphatic rings. The SMILES string of the molecule is CC(C)(NCc1cc(F)ccc1Cl)C1CC1. The minimum absolute atomic E-state index is 0.121. The quantitative estimate of drug-likeness (QED) is 0.847. The summed E-state index contributed by atoms with van der Waals surface area (Å²) in [6.45, 7) is 5.01. The predicted molar refractivity (Wildman–Crippen MR) is 65.1 cm³/mol. The zero-order valence-electron chi connectivity index (χ0n) is 9.69. The Morgan fingerprint density at radius 3 is 2.75 bits per heavy atom. The van der Waals surface area contributed by atoms with Gasteiger partial charge in [0.2, 0.25) is 0 Å². The number of rotatable bonds is 4. The number of halogens is 2. The summed E-state index contributed by atoms with van der Waals surface area (Å²) in [5.41, 5.74) is 0.950. The fourth-order valence-corrected chi connectivity index (χ4v) is 2.14. The Morgan fingerprint density at radius 2 is 2.12 bits per heavy atom. The van der Waals surface area contributed by atoms with Crippen molar-refractivity contribution < 1.29 is 4.39 Å². The Balaban J connectivity index is 2.01. The highest BCUT2D eigenvalue weighted by Gasteiger charge is 2.37. The van der Waals surface area contributed by atoms with Crippen LogP contribution in [0.5, 0.6) is 0 Å². The molecular weight excluding hydrogens is 225 g/mol. The number of hydrogen-bond donors (Lipinski definition) is 1. The highest BCUT2D eigenvalue weighted by atomic mass is 35.5. The van der Waals surface area contributed by atoms with E-state index in [0.717, 1.165) is 11.5 Å². The second-order valence-corrected chi connectivity index (χ2v) is 5.49. The largest absolute Gasteiger partial charge is 0.307 e. The molecule has 1 saturated carbocycles. The van der Waals surface area contributed by atoms with Gasteiger partial charge in [0, 0.05) is 17.1 Å². The minimum Gasteiger partial charge on any atom is -0.307 e. The van der Waals surface area contributed by atoms with E-state index in [1.54, 1.807) is 6.07 Å². The first-order valence-electron chi connectivity index (χ1n) is 5.68. The Hall–Kier alpha value is -0.600. The predicted octanol–water partition coefficient (Wildman–Crippen LogP) is 3.76. The minimum atomic E-state index is -0.231. The maximum atomic E-state index is 13.1. The van der Waals surface area contributed by atoms with Crippen LogP contribution < -0.4 is 5.32 Å². The summed E-state index contributed by atoms with van der Waals surface area (Å²) < 4.78 is 13.1. The molecule has 1 aliphatic carbocycles. The van der Waals surface area contributed by atoms with E-state index in [-0.39, 0.29) is 11.4 Å². The fourth-order valence-electron chi connectivity index (χ4n) is 1.95. The molecule has 2 rings (SSSR count). The first-order valence-corrected chi connectivity index (χ1v) is 6.06. The molecule has 0 atom stereocenters. The summed E-state index contributed by atoms with van der Waals surface area (Å²) in [5, 5.41) is 4.08. The standard InChI is InChI=1S/C13H17ClFN/c1-13(2,10-3-4-10)16-8-9-7-11(15)5-6-12(9)14/h5-7,10,16H,3-4,8H2,1-2H3. The van der Waals surface area contributed by atoms with Gasteiger partial charge in [-0.05, 0) is 56.4 Å². The third-order valence-electron chi connectivity index (χ3n) is 3.34. The van der Waals surface area contributed by atoms with Crippen LogP contribution in [0.2, 0.25) is 5.02 Å². The van der Waals surface area contributed by atoms with Crippen LogP contribution in [-0.2, 0) is 6.54 Å². The second kappa shape index (κ2) is 4.34. The lowest BCUT2D eigenvalue weighted by Gasteiger charge is -2.26. The van der Waals surface area contributed by atoms with E-state index in [1.807, 2.05) is 0 Å². The molecule has 1 aromatic carbocycles. The molecular formula is C13H17ClFN. The van der Waals surface area contributed by atoms with Crippen molar-refractivity contribution in [3.8, 4) is 0 Å². The van der Waals surface area contributed by atoms with Crippen molar-refractivity contribution in [2.75, 3.05) is 0 Å². The fraction of sp³-hybridized carbons (Fsp3) is 0.538. The van der Waals surface area contributed by atoms with Gasteiger partial charge in [-0.1, -0.05) is 11.6 Å². The number of benzene rings is 1. The van der Waals surface area contributed by atoms with E-state index in [4.69, 9.17) is 11.6 Å². The Labute approximate surface area is 101 Å². The molecule has 0 aromatic heterocycles. The van der Waals surface area contributed by atoms with E-state index in [0.29, 0.717) is 11.6 Å². The smallest absolute Gasteiger partial charge is 0.123 e. The van der Waals surface area contributed by atoms with Crippen molar-refractivity contribution in [3.05, 3.63) is 34.6 Å². The van der Waals surface area contributed by atoms with E-state index >= 15 is 0 Å². The van der Waals surface area contributed by atoms with Crippen LogP contribution in [-0.4, -0.2) is 5.54 Å². The summed E-state index contributed by atoms with van der Waals surface area (Å²) in [6.07, 6.45) is 2.58. The zero-order chi connectivity index (χ0) is 11.8. The summed E-state index contributed by atoms with van der Waals surface area (Å²) in [6, 6.07) is 4.49. The molecule has 16 heavy (non-hydrogen) atoms. The maximum absolute atomic E-state index is 13.1. The summed E-state index contributed by atoms with van der Waals surface area (Å²) >= 11 is 6.01. The van der Waals surface area contributed by atoms with Crippen LogP contribution in [0.4, 0.5) is 4.39 Å². The highest BCUT2D eigenvalue weighted by Crippen LogP contribution is 2.39. The van der Waals surface area contributed by atoms with Gasteiger partial charge in [-0.2, -0.15) is 0 Å². The zero-order valence-corrected chi connectivity index (χ0v) is 10.4. The lowest BCUT2D eigenvalue weighted by atomic mass is 9.98. The van der Waals surface area contributed by atoms with Crippen LogP contribution in [0.15, 0.2) is 18.2 Å². The van der Waals surface area contributed by atoms with Gasteiger partial charge in [-0.15, -0.1) is 0 Å². The molecule has 1 N–H and O–H groups in total. The summed E-state index contributed by atoms with van der Waals surface area (Å²) in [4.78, 5) is 0. The molecule has 0 aliphatic heterocycles. The van der Waals surface area contributed by atoms with Gasteiger partial charge >= 0.3 is 0 Å². The molecule has 1 aromatic rings. The Kier molecular flexibility index (Phi) is 3.22. The van der Waals surface area contributed by atoms with E-state index < -0.39 is 0 Å². The van der Waals surface area contributed by atoms with Gasteiger partial charge in [-0.25, -0.2) is 4.39 Å². The maximum Gasteiger partial charge on any atom is 0.123 e. The van der Waals surface area contributed by atoms with Crippen molar-refractivity contribution in [1.29, 1.82) is 0 Å². The van der Waals surface area contributed by atoms with Crippen LogP contribution in [0, 0.1) is 11.7 Å². The van der Waals surface area contributed by atoms with Crippen LogP contribution in [0.25, 0.3) is 0 Å². The normalized spacial score (nSPS) is 16.5. The van der Waals surface area contributed by atoms with Crippen LogP contribution >= 0.6 is 11.6 Å². The van der Waals surface area contributed by atoms with Gasteiger partial charge in [0.1, 0.15) is 5.82 Å². The van der Waals surface area contributed by atoms with E-state index in [1.165, 1.54) is 25.0 Å². The third-order valence-corrected chi connectivity index (χ3v) is 3.71. The van der Waals surface area contributed by atoms with E-state index in [2.05, 4.69) is 19.2 Å². The molecule has 0 unspecified atom stereocenters. The molecule has 0 amide bonds. The molecule has 0 heterocycles. The molecule has 0 bridgehead atoms. The van der Waals surface area contributed by atoms with Crippen molar-refractivity contribution >= 4 is 11.6 Å². The average molecular weight is 242 g/mol. The monoisotopic (exact) mass is 241 g/mol. The van der Waals surface area contributed by atoms with Crippen molar-refractivity contribution in [2.45, 2.75) is 38.8 Å². The van der Waals surface area contributed by atoms with Gasteiger partial charge in [0.15, 0.2) is 0 Å². The van der Waals surface area contributed by atoms with Crippen molar-refractivity contribution in [3.63, 3.8) is 0 Å². The van der Waals surface area contributed by atoms with Crippen molar-refractivity contribution in [2.24, 2.45) is 5.92 Å². The molecule has 0 saturated heterocycles. The number of hydrogen-bond acceptors (Lipinski definition) is 1.